The molecule has 0 bridgehead atoms. The van der Waals surface area contributed by atoms with Gasteiger partial charge in [-0.2, -0.15) is 0 Å². The zero-order valence-electron chi connectivity index (χ0n) is 16.6. The molecule has 0 radical (unpaired) electrons. The lowest BCUT2D eigenvalue weighted by molar-refractivity contribution is -0.120. The van der Waals surface area contributed by atoms with Crippen molar-refractivity contribution in [1.29, 1.82) is 0 Å². The van der Waals surface area contributed by atoms with Gasteiger partial charge in [-0.05, 0) is 43.5 Å². The van der Waals surface area contributed by atoms with Crippen LogP contribution in [-0.4, -0.2) is 22.0 Å². The van der Waals surface area contributed by atoms with Crippen molar-refractivity contribution in [3.8, 4) is 0 Å². The molecule has 0 aliphatic heterocycles. The predicted octanol–water partition coefficient (Wildman–Crippen LogP) is 4.85. The van der Waals surface area contributed by atoms with Crippen molar-refractivity contribution in [2.45, 2.75) is 59.3 Å². The predicted molar refractivity (Wildman–Crippen MR) is 110 cm³/mol. The highest BCUT2D eigenvalue weighted by molar-refractivity contribution is 7.15. The topological polar surface area (TPSA) is 84.0 Å². The van der Waals surface area contributed by atoms with Gasteiger partial charge in [-0.15, -0.1) is 10.2 Å². The monoisotopic (exact) mass is 388 g/mol. The molecule has 0 spiro atoms. The van der Waals surface area contributed by atoms with E-state index in [4.69, 9.17) is 0 Å². The van der Waals surface area contributed by atoms with Crippen molar-refractivity contribution in [3.05, 3.63) is 34.8 Å². The first-order valence-electron chi connectivity index (χ1n) is 9.37. The fourth-order valence-electron chi connectivity index (χ4n) is 2.48. The quantitative estimate of drug-likeness (QED) is 0.677. The van der Waals surface area contributed by atoms with E-state index in [9.17, 15) is 9.59 Å². The Bertz CT molecular complexity index is 780. The summed E-state index contributed by atoms with van der Waals surface area (Å²) in [6, 6.07) is 6.85. The Morgan fingerprint density at radius 3 is 2.22 bits per heavy atom. The van der Waals surface area contributed by atoms with E-state index in [1.165, 1.54) is 11.3 Å². The average Bonchev–Trinajstić information content (AvgIpc) is 3.12. The van der Waals surface area contributed by atoms with Crippen LogP contribution in [0.15, 0.2) is 24.3 Å². The number of nitrogens with one attached hydrogen (secondary N) is 2. The summed E-state index contributed by atoms with van der Waals surface area (Å²) in [5, 5.41) is 15.3. The van der Waals surface area contributed by atoms with Gasteiger partial charge in [0.1, 0.15) is 5.01 Å². The maximum Gasteiger partial charge on any atom is 0.257 e. The highest BCUT2D eigenvalue weighted by Gasteiger charge is 2.23. The first-order valence-corrected chi connectivity index (χ1v) is 10.2. The molecule has 2 rings (SSSR count). The Kier molecular flexibility index (Phi) is 7.07. The Balaban J connectivity index is 2.01. The molecule has 2 aromatic rings. The molecule has 0 atom stereocenters. The minimum absolute atomic E-state index is 0.00643. The fourth-order valence-corrected chi connectivity index (χ4v) is 3.39. The molecule has 0 aliphatic carbocycles. The van der Waals surface area contributed by atoms with Crippen LogP contribution in [-0.2, 0) is 10.2 Å². The summed E-state index contributed by atoms with van der Waals surface area (Å²) in [5.41, 5.74) is 1.13. The average molecular weight is 389 g/mol. The molecule has 146 valence electrons. The number of anilines is 2. The standard InChI is InChI=1S/C20H28N4O2S/c1-6-13(7-2)16(25)21-15-11-9-14(10-12-15)17(26)22-19-24-23-18(27-19)20(4,5)8-3/h9-13H,6-8H2,1-5H3,(H,21,25)(H,22,24,26). The second-order valence-electron chi connectivity index (χ2n) is 7.18. The SMILES string of the molecule is CCC(CC)C(=O)Nc1ccc(C(=O)Nc2nnc(C(C)(C)CC)s2)cc1. The van der Waals surface area contributed by atoms with E-state index in [2.05, 4.69) is 41.6 Å². The van der Waals surface area contributed by atoms with Crippen molar-refractivity contribution >= 4 is 34.0 Å². The summed E-state index contributed by atoms with van der Waals surface area (Å²) in [5.74, 6) is -0.228. The van der Waals surface area contributed by atoms with E-state index >= 15 is 0 Å². The van der Waals surface area contributed by atoms with Crippen LogP contribution in [0, 0.1) is 5.92 Å². The zero-order valence-corrected chi connectivity index (χ0v) is 17.4. The summed E-state index contributed by atoms with van der Waals surface area (Å²) in [4.78, 5) is 24.6. The van der Waals surface area contributed by atoms with Crippen LogP contribution < -0.4 is 10.6 Å². The number of hydrogen-bond acceptors (Lipinski definition) is 5. The van der Waals surface area contributed by atoms with Crippen LogP contribution in [0.1, 0.15) is 69.2 Å². The van der Waals surface area contributed by atoms with Gasteiger partial charge in [-0.1, -0.05) is 46.0 Å². The molecule has 1 aromatic carbocycles. The van der Waals surface area contributed by atoms with Gasteiger partial charge in [0.2, 0.25) is 11.0 Å². The minimum Gasteiger partial charge on any atom is -0.326 e. The first kappa shape index (κ1) is 21.0. The smallest absolute Gasteiger partial charge is 0.257 e. The molecule has 0 saturated heterocycles. The van der Waals surface area contributed by atoms with E-state index < -0.39 is 0 Å². The van der Waals surface area contributed by atoms with Gasteiger partial charge < -0.3 is 5.32 Å². The highest BCUT2D eigenvalue weighted by atomic mass is 32.1. The van der Waals surface area contributed by atoms with Gasteiger partial charge in [0.15, 0.2) is 0 Å². The zero-order chi connectivity index (χ0) is 20.0. The van der Waals surface area contributed by atoms with Crippen molar-refractivity contribution in [3.63, 3.8) is 0 Å². The summed E-state index contributed by atoms with van der Waals surface area (Å²) < 4.78 is 0. The van der Waals surface area contributed by atoms with Crippen molar-refractivity contribution in [1.82, 2.24) is 10.2 Å². The molecule has 2 N–H and O–H groups in total. The summed E-state index contributed by atoms with van der Waals surface area (Å²) in [6.45, 7) is 10.3. The Hall–Kier alpha value is -2.28. The summed E-state index contributed by atoms with van der Waals surface area (Å²) in [6.07, 6.45) is 2.56. The van der Waals surface area contributed by atoms with Gasteiger partial charge in [0.25, 0.3) is 5.91 Å². The molecule has 1 heterocycles. The van der Waals surface area contributed by atoms with Gasteiger partial charge in [-0.3, -0.25) is 14.9 Å². The van der Waals surface area contributed by atoms with Crippen molar-refractivity contribution in [2.24, 2.45) is 5.92 Å². The highest BCUT2D eigenvalue weighted by Crippen LogP contribution is 2.31. The second kappa shape index (κ2) is 9.08. The van der Waals surface area contributed by atoms with Crippen LogP contribution in [0.3, 0.4) is 0 Å². The number of hydrogen-bond donors (Lipinski definition) is 2. The fraction of sp³-hybridized carbons (Fsp3) is 0.500. The minimum atomic E-state index is -0.245. The molecule has 0 saturated carbocycles. The Labute approximate surface area is 164 Å². The van der Waals surface area contributed by atoms with Crippen LogP contribution in [0.4, 0.5) is 10.8 Å². The molecule has 27 heavy (non-hydrogen) atoms. The van der Waals surface area contributed by atoms with E-state index in [1.54, 1.807) is 24.3 Å². The maximum absolute atomic E-state index is 12.4. The molecular formula is C20H28N4O2S. The largest absolute Gasteiger partial charge is 0.326 e. The van der Waals surface area contributed by atoms with Crippen molar-refractivity contribution in [2.75, 3.05) is 10.6 Å². The number of benzene rings is 1. The Morgan fingerprint density at radius 1 is 1.04 bits per heavy atom. The first-order chi connectivity index (χ1) is 12.8. The van der Waals surface area contributed by atoms with Gasteiger partial charge in [-0.25, -0.2) is 0 Å². The summed E-state index contributed by atoms with van der Waals surface area (Å²) in [7, 11) is 0. The lowest BCUT2D eigenvalue weighted by Gasteiger charge is -2.17. The number of carbonyl (C=O) groups excluding carboxylic acids is 2. The molecular weight excluding hydrogens is 360 g/mol. The number of amides is 2. The van der Waals surface area contributed by atoms with Gasteiger partial charge >= 0.3 is 0 Å². The number of rotatable bonds is 8. The number of aromatic nitrogens is 2. The van der Waals surface area contributed by atoms with Gasteiger partial charge in [0.05, 0.1) is 0 Å². The van der Waals surface area contributed by atoms with Crippen LogP contribution in [0.5, 0.6) is 0 Å². The van der Waals surface area contributed by atoms with Crippen molar-refractivity contribution < 1.29 is 9.59 Å². The normalized spacial score (nSPS) is 11.5. The van der Waals surface area contributed by atoms with Crippen LogP contribution in [0.25, 0.3) is 0 Å². The third kappa shape index (κ3) is 5.35. The molecule has 7 heteroatoms. The number of carbonyl (C=O) groups is 2. The molecule has 1 aromatic heterocycles. The molecule has 0 unspecified atom stereocenters. The van der Waals surface area contributed by atoms with Crippen LogP contribution in [0.2, 0.25) is 0 Å². The maximum atomic E-state index is 12.4. The molecule has 2 amide bonds. The number of nitrogens with zero attached hydrogens (tertiary/aromatic N) is 2. The van der Waals surface area contributed by atoms with E-state index in [0.717, 1.165) is 24.3 Å². The van der Waals surface area contributed by atoms with E-state index in [1.807, 2.05) is 13.8 Å². The van der Waals surface area contributed by atoms with E-state index in [-0.39, 0.29) is 23.1 Å². The van der Waals surface area contributed by atoms with E-state index in [0.29, 0.717) is 16.4 Å². The Morgan fingerprint density at radius 2 is 1.67 bits per heavy atom. The molecule has 0 aliphatic rings. The lowest BCUT2D eigenvalue weighted by atomic mass is 9.91. The third-order valence-electron chi connectivity index (χ3n) is 4.88. The molecule has 6 nitrogen and oxygen atoms in total. The molecule has 0 fully saturated rings. The summed E-state index contributed by atoms with van der Waals surface area (Å²) >= 11 is 1.40. The second-order valence-corrected chi connectivity index (χ2v) is 8.16. The third-order valence-corrected chi connectivity index (χ3v) is 6.08. The van der Waals surface area contributed by atoms with Crippen LogP contribution >= 0.6 is 11.3 Å². The van der Waals surface area contributed by atoms with Gasteiger partial charge in [0, 0.05) is 22.6 Å². The lowest BCUT2D eigenvalue weighted by Crippen LogP contribution is -2.21.